The summed E-state index contributed by atoms with van der Waals surface area (Å²) in [7, 11) is 0. The molecule has 0 aromatic heterocycles. The Morgan fingerprint density at radius 2 is 1.87 bits per heavy atom. The Bertz CT molecular complexity index is 668. The highest BCUT2D eigenvalue weighted by Crippen LogP contribution is 2.21. The molecule has 0 spiro atoms. The minimum absolute atomic E-state index is 0.00125. The van der Waals surface area contributed by atoms with Gasteiger partial charge in [-0.1, -0.05) is 48.4 Å². The van der Waals surface area contributed by atoms with Crippen LogP contribution in [0.5, 0.6) is 5.75 Å². The monoisotopic (exact) mass is 331 g/mol. The zero-order valence-electron chi connectivity index (χ0n) is 13.7. The quantitative estimate of drug-likeness (QED) is 0.839. The predicted molar refractivity (Wildman–Crippen MR) is 94.0 cm³/mol. The summed E-state index contributed by atoms with van der Waals surface area (Å²) in [5, 5.41) is 3.70. The number of halogens is 1. The molecule has 2 rings (SSSR count). The van der Waals surface area contributed by atoms with Crippen molar-refractivity contribution in [1.82, 2.24) is 5.32 Å². The molecule has 4 heteroatoms. The molecule has 0 aliphatic heterocycles. The minimum atomic E-state index is -0.134. The Morgan fingerprint density at radius 3 is 2.48 bits per heavy atom. The fourth-order valence-electron chi connectivity index (χ4n) is 2.31. The molecular weight excluding hydrogens is 310 g/mol. The van der Waals surface area contributed by atoms with Crippen LogP contribution in [0.3, 0.4) is 0 Å². The van der Waals surface area contributed by atoms with E-state index in [1.807, 2.05) is 39.0 Å². The molecule has 0 radical (unpaired) electrons. The number of aryl methyl sites for hydroxylation is 2. The van der Waals surface area contributed by atoms with Gasteiger partial charge < -0.3 is 10.1 Å². The first kappa shape index (κ1) is 17.4. The topological polar surface area (TPSA) is 38.3 Å². The Balaban J connectivity index is 1.92. The molecule has 1 atom stereocenters. The average molecular weight is 332 g/mol. The van der Waals surface area contributed by atoms with E-state index in [4.69, 9.17) is 16.3 Å². The molecule has 0 saturated carbocycles. The highest BCUT2D eigenvalue weighted by atomic mass is 35.5. The van der Waals surface area contributed by atoms with Crippen molar-refractivity contribution in [1.29, 1.82) is 0 Å². The lowest BCUT2D eigenvalue weighted by atomic mass is 10.0. The number of ether oxygens (including phenoxy) is 1. The predicted octanol–water partition coefficient (Wildman–Crippen LogP) is 4.60. The Morgan fingerprint density at radius 1 is 1.17 bits per heavy atom. The van der Waals surface area contributed by atoms with Crippen LogP contribution in [0.2, 0.25) is 5.02 Å². The van der Waals surface area contributed by atoms with Crippen molar-refractivity contribution in [3.8, 4) is 5.75 Å². The van der Waals surface area contributed by atoms with Crippen molar-refractivity contribution in [2.24, 2.45) is 0 Å². The van der Waals surface area contributed by atoms with Gasteiger partial charge in [0.05, 0.1) is 6.04 Å². The van der Waals surface area contributed by atoms with Gasteiger partial charge in [-0.3, -0.25) is 4.79 Å². The first-order valence-electron chi connectivity index (χ1n) is 7.74. The van der Waals surface area contributed by atoms with E-state index in [9.17, 15) is 4.79 Å². The van der Waals surface area contributed by atoms with E-state index in [1.54, 1.807) is 12.1 Å². The first-order chi connectivity index (χ1) is 11.0. The number of carbonyl (C=O) groups is 1. The number of hydrogen-bond donors (Lipinski definition) is 1. The molecule has 0 heterocycles. The van der Waals surface area contributed by atoms with Crippen molar-refractivity contribution in [2.45, 2.75) is 33.2 Å². The number of rotatable bonds is 6. The van der Waals surface area contributed by atoms with Crippen LogP contribution in [0.1, 0.15) is 36.1 Å². The summed E-state index contributed by atoms with van der Waals surface area (Å²) in [6.45, 7) is 5.99. The van der Waals surface area contributed by atoms with E-state index >= 15 is 0 Å². The summed E-state index contributed by atoms with van der Waals surface area (Å²) in [6, 6.07) is 13.6. The average Bonchev–Trinajstić information content (AvgIpc) is 2.54. The second kappa shape index (κ2) is 8.02. The summed E-state index contributed by atoms with van der Waals surface area (Å²) in [4.78, 5) is 12.1. The lowest BCUT2D eigenvalue weighted by molar-refractivity contribution is -0.123. The van der Waals surface area contributed by atoms with Gasteiger partial charge in [-0.15, -0.1) is 0 Å². The van der Waals surface area contributed by atoms with Gasteiger partial charge in [0.2, 0.25) is 0 Å². The van der Waals surface area contributed by atoms with Gasteiger partial charge in [0.25, 0.3) is 5.91 Å². The molecule has 2 aromatic carbocycles. The normalized spacial score (nSPS) is 11.8. The minimum Gasteiger partial charge on any atom is -0.484 e. The van der Waals surface area contributed by atoms with Crippen LogP contribution in [0.15, 0.2) is 42.5 Å². The highest BCUT2D eigenvalue weighted by Gasteiger charge is 2.13. The molecule has 0 bridgehead atoms. The number of benzene rings is 2. The summed E-state index contributed by atoms with van der Waals surface area (Å²) in [5.41, 5.74) is 3.24. The van der Waals surface area contributed by atoms with Gasteiger partial charge in [0.15, 0.2) is 6.61 Å². The van der Waals surface area contributed by atoms with Crippen LogP contribution in [-0.4, -0.2) is 12.5 Å². The molecule has 1 N–H and O–H groups in total. The third-order valence-electron chi connectivity index (χ3n) is 3.72. The second-order valence-corrected chi connectivity index (χ2v) is 6.05. The summed E-state index contributed by atoms with van der Waals surface area (Å²) < 4.78 is 5.53. The molecule has 0 aliphatic carbocycles. The van der Waals surface area contributed by atoms with Crippen LogP contribution in [-0.2, 0) is 4.79 Å². The number of nitrogens with one attached hydrogen (secondary N) is 1. The molecule has 23 heavy (non-hydrogen) atoms. The Kier molecular flexibility index (Phi) is 6.05. The standard InChI is InChI=1S/C19H22ClNO2/c1-4-18(15-7-5-13(2)6-8-15)21-19(22)12-23-16-9-10-17(20)14(3)11-16/h5-11,18H,4,12H2,1-3H3,(H,21,22)/t18-/m0/s1. The van der Waals surface area contributed by atoms with E-state index in [1.165, 1.54) is 5.56 Å². The number of amides is 1. The molecule has 122 valence electrons. The fourth-order valence-corrected chi connectivity index (χ4v) is 2.43. The van der Waals surface area contributed by atoms with Crippen molar-refractivity contribution in [3.05, 3.63) is 64.2 Å². The van der Waals surface area contributed by atoms with Crippen molar-refractivity contribution in [2.75, 3.05) is 6.61 Å². The molecule has 3 nitrogen and oxygen atoms in total. The van der Waals surface area contributed by atoms with Crippen LogP contribution >= 0.6 is 11.6 Å². The fraction of sp³-hybridized carbons (Fsp3) is 0.316. The Hall–Kier alpha value is -2.00. The van der Waals surface area contributed by atoms with Crippen LogP contribution in [0, 0.1) is 13.8 Å². The van der Waals surface area contributed by atoms with Crippen LogP contribution in [0.4, 0.5) is 0 Å². The van der Waals surface area contributed by atoms with Gasteiger partial charge in [-0.25, -0.2) is 0 Å². The molecule has 0 saturated heterocycles. The maximum absolute atomic E-state index is 12.1. The molecule has 1 amide bonds. The molecular formula is C19H22ClNO2. The molecule has 2 aromatic rings. The number of carbonyl (C=O) groups excluding carboxylic acids is 1. The van der Waals surface area contributed by atoms with Crippen molar-refractivity contribution in [3.63, 3.8) is 0 Å². The van der Waals surface area contributed by atoms with Crippen LogP contribution in [0.25, 0.3) is 0 Å². The zero-order valence-corrected chi connectivity index (χ0v) is 14.5. The van der Waals surface area contributed by atoms with Gasteiger partial charge >= 0.3 is 0 Å². The third-order valence-corrected chi connectivity index (χ3v) is 4.15. The van der Waals surface area contributed by atoms with Gasteiger partial charge in [0.1, 0.15) is 5.75 Å². The van der Waals surface area contributed by atoms with E-state index in [0.29, 0.717) is 10.8 Å². The van der Waals surface area contributed by atoms with E-state index in [-0.39, 0.29) is 18.6 Å². The molecule has 0 aliphatic rings. The van der Waals surface area contributed by atoms with Crippen molar-refractivity contribution < 1.29 is 9.53 Å². The summed E-state index contributed by atoms with van der Waals surface area (Å²) in [5.74, 6) is 0.510. The SMILES string of the molecule is CC[C@H](NC(=O)COc1ccc(Cl)c(C)c1)c1ccc(C)cc1. The summed E-state index contributed by atoms with van der Waals surface area (Å²) in [6.07, 6.45) is 0.828. The number of hydrogen-bond acceptors (Lipinski definition) is 2. The van der Waals surface area contributed by atoms with Gasteiger partial charge in [0, 0.05) is 5.02 Å². The molecule has 0 fully saturated rings. The van der Waals surface area contributed by atoms with Crippen molar-refractivity contribution >= 4 is 17.5 Å². The largest absolute Gasteiger partial charge is 0.484 e. The maximum atomic E-state index is 12.1. The highest BCUT2D eigenvalue weighted by molar-refractivity contribution is 6.31. The van der Waals surface area contributed by atoms with E-state index in [0.717, 1.165) is 17.5 Å². The Labute approximate surface area is 142 Å². The summed E-state index contributed by atoms with van der Waals surface area (Å²) >= 11 is 5.98. The molecule has 0 unspecified atom stereocenters. The second-order valence-electron chi connectivity index (χ2n) is 5.64. The van der Waals surface area contributed by atoms with Gasteiger partial charge in [-0.05, 0) is 49.6 Å². The van der Waals surface area contributed by atoms with E-state index in [2.05, 4.69) is 17.4 Å². The smallest absolute Gasteiger partial charge is 0.258 e. The van der Waals surface area contributed by atoms with Gasteiger partial charge in [-0.2, -0.15) is 0 Å². The lowest BCUT2D eigenvalue weighted by Gasteiger charge is -2.18. The lowest BCUT2D eigenvalue weighted by Crippen LogP contribution is -2.32. The zero-order chi connectivity index (χ0) is 16.8. The van der Waals surface area contributed by atoms with E-state index < -0.39 is 0 Å². The first-order valence-corrected chi connectivity index (χ1v) is 8.12. The van der Waals surface area contributed by atoms with Crippen LogP contribution < -0.4 is 10.1 Å². The third kappa shape index (κ3) is 5.00. The maximum Gasteiger partial charge on any atom is 0.258 e.